The highest BCUT2D eigenvalue weighted by molar-refractivity contribution is 7.98. The molecule has 1 amide bonds. The Labute approximate surface area is 176 Å². The van der Waals surface area contributed by atoms with Gasteiger partial charge in [0.15, 0.2) is 16.8 Å². The number of anilines is 1. The number of rotatable bonds is 4. The molecule has 0 fully saturated rings. The van der Waals surface area contributed by atoms with Gasteiger partial charge in [-0.15, -0.1) is 0 Å². The average Bonchev–Trinajstić information content (AvgIpc) is 2.71. The van der Waals surface area contributed by atoms with Crippen LogP contribution in [0, 0.1) is 18.6 Å². The summed E-state index contributed by atoms with van der Waals surface area (Å²) in [5, 5.41) is 3.14. The van der Waals surface area contributed by atoms with E-state index < -0.39 is 23.1 Å². The number of thioether (sulfide) groups is 1. The monoisotopic (exact) mass is 427 g/mol. The van der Waals surface area contributed by atoms with Crippen LogP contribution in [0.4, 0.5) is 14.6 Å². The summed E-state index contributed by atoms with van der Waals surface area (Å²) in [5.41, 5.74) is 1.80. The Morgan fingerprint density at radius 1 is 1.20 bits per heavy atom. The number of aromatic nitrogens is 2. The minimum Gasteiger partial charge on any atom is -0.312 e. The van der Waals surface area contributed by atoms with Gasteiger partial charge in [0.05, 0.1) is 5.56 Å². The zero-order valence-corrected chi connectivity index (χ0v) is 17.2. The zero-order valence-electron chi connectivity index (χ0n) is 16.4. The Hall–Kier alpha value is -3.00. The van der Waals surface area contributed by atoms with Crippen LogP contribution in [0.5, 0.6) is 0 Å². The second kappa shape index (κ2) is 8.02. The van der Waals surface area contributed by atoms with E-state index in [-0.39, 0.29) is 29.3 Å². The van der Waals surface area contributed by atoms with Gasteiger partial charge < -0.3 is 9.88 Å². The summed E-state index contributed by atoms with van der Waals surface area (Å²) >= 11 is 1.37. The molecule has 4 rings (SSSR count). The first kappa shape index (κ1) is 20.3. The van der Waals surface area contributed by atoms with E-state index in [0.717, 1.165) is 17.2 Å². The molecule has 2 heterocycles. The van der Waals surface area contributed by atoms with Crippen molar-refractivity contribution in [2.45, 2.75) is 30.2 Å². The highest BCUT2D eigenvalue weighted by Gasteiger charge is 2.34. The van der Waals surface area contributed by atoms with E-state index in [9.17, 15) is 18.4 Å². The molecule has 1 aromatic heterocycles. The second-order valence-electron chi connectivity index (χ2n) is 7.25. The first-order valence-corrected chi connectivity index (χ1v) is 10.4. The Kier molecular flexibility index (Phi) is 5.42. The van der Waals surface area contributed by atoms with Gasteiger partial charge in [0.2, 0.25) is 5.91 Å². The van der Waals surface area contributed by atoms with E-state index in [0.29, 0.717) is 10.9 Å². The Balaban J connectivity index is 1.75. The van der Waals surface area contributed by atoms with E-state index in [1.807, 2.05) is 31.2 Å². The maximum atomic E-state index is 14.4. The summed E-state index contributed by atoms with van der Waals surface area (Å²) in [6, 6.07) is 11.8. The fourth-order valence-corrected chi connectivity index (χ4v) is 4.58. The van der Waals surface area contributed by atoms with Crippen LogP contribution in [-0.4, -0.2) is 15.5 Å². The molecule has 5 nitrogen and oxygen atoms in total. The average molecular weight is 427 g/mol. The number of amides is 1. The van der Waals surface area contributed by atoms with Crippen molar-refractivity contribution >= 4 is 23.5 Å². The number of carbonyl (C=O) groups excluding carboxylic acids is 1. The van der Waals surface area contributed by atoms with Crippen molar-refractivity contribution in [1.82, 2.24) is 9.55 Å². The topological polar surface area (TPSA) is 64.0 Å². The van der Waals surface area contributed by atoms with Gasteiger partial charge in [-0.2, -0.15) is 4.98 Å². The Morgan fingerprint density at radius 3 is 2.73 bits per heavy atom. The van der Waals surface area contributed by atoms with Gasteiger partial charge in [0, 0.05) is 25.1 Å². The number of aryl methyl sites for hydroxylation is 1. The lowest BCUT2D eigenvalue weighted by Gasteiger charge is -2.27. The maximum Gasteiger partial charge on any atom is 0.279 e. The molecule has 1 atom stereocenters. The van der Waals surface area contributed by atoms with Crippen molar-refractivity contribution in [2.75, 3.05) is 5.32 Å². The molecule has 3 aromatic rings. The number of hydrogen-bond donors (Lipinski definition) is 1. The van der Waals surface area contributed by atoms with Gasteiger partial charge in [-0.25, -0.2) is 8.78 Å². The molecule has 0 saturated heterocycles. The third-order valence-corrected chi connectivity index (χ3v) is 6.21. The second-order valence-corrected chi connectivity index (χ2v) is 8.19. The molecule has 0 unspecified atom stereocenters. The summed E-state index contributed by atoms with van der Waals surface area (Å²) in [5.74, 6) is -2.47. The molecular formula is C22H19F2N3O2S. The minimum atomic E-state index is -1.05. The van der Waals surface area contributed by atoms with E-state index in [1.165, 1.54) is 23.9 Å². The van der Waals surface area contributed by atoms with Crippen LogP contribution in [0.25, 0.3) is 0 Å². The predicted molar refractivity (Wildman–Crippen MR) is 112 cm³/mol. The summed E-state index contributed by atoms with van der Waals surface area (Å²) < 4.78 is 29.8. The molecule has 0 spiro atoms. The summed E-state index contributed by atoms with van der Waals surface area (Å²) in [7, 11) is 1.69. The molecule has 2 aromatic carbocycles. The third-order valence-electron chi connectivity index (χ3n) is 5.11. The molecule has 1 aliphatic heterocycles. The molecule has 30 heavy (non-hydrogen) atoms. The lowest BCUT2D eigenvalue weighted by molar-refractivity contribution is -0.116. The standard InChI is InChI=1S/C22H19F2N3O2S/c1-12-5-3-6-13(9-12)11-30-22-26-21(29)18-15(10-17(28)25-20(18)27(22)2)14-7-4-8-16(23)19(14)24/h3-9,15H,10-11H2,1-2H3,(H,25,28)/t15-/m1/s1. The molecule has 0 saturated carbocycles. The van der Waals surface area contributed by atoms with Crippen molar-refractivity contribution in [3.8, 4) is 0 Å². The predicted octanol–water partition coefficient (Wildman–Crippen LogP) is 4.13. The van der Waals surface area contributed by atoms with Crippen molar-refractivity contribution in [3.05, 3.63) is 86.7 Å². The maximum absolute atomic E-state index is 14.4. The Bertz CT molecular complexity index is 1210. The summed E-state index contributed by atoms with van der Waals surface area (Å²) in [4.78, 5) is 29.4. The lowest BCUT2D eigenvalue weighted by Crippen LogP contribution is -2.34. The van der Waals surface area contributed by atoms with Crippen molar-refractivity contribution < 1.29 is 13.6 Å². The van der Waals surface area contributed by atoms with Gasteiger partial charge in [0.1, 0.15) is 5.82 Å². The van der Waals surface area contributed by atoms with Crippen LogP contribution in [0.3, 0.4) is 0 Å². The van der Waals surface area contributed by atoms with Crippen LogP contribution in [0.2, 0.25) is 0 Å². The van der Waals surface area contributed by atoms with Gasteiger partial charge in [0.25, 0.3) is 5.56 Å². The number of nitrogens with zero attached hydrogens (tertiary/aromatic N) is 2. The van der Waals surface area contributed by atoms with E-state index >= 15 is 0 Å². The number of halogens is 2. The highest BCUT2D eigenvalue weighted by Crippen LogP contribution is 2.37. The van der Waals surface area contributed by atoms with Gasteiger partial charge in [-0.3, -0.25) is 9.59 Å². The van der Waals surface area contributed by atoms with Gasteiger partial charge in [-0.1, -0.05) is 53.7 Å². The van der Waals surface area contributed by atoms with E-state index in [1.54, 1.807) is 11.6 Å². The van der Waals surface area contributed by atoms with Crippen molar-refractivity contribution in [3.63, 3.8) is 0 Å². The molecule has 154 valence electrons. The van der Waals surface area contributed by atoms with Crippen LogP contribution < -0.4 is 10.9 Å². The number of carbonyl (C=O) groups is 1. The van der Waals surface area contributed by atoms with E-state index in [2.05, 4.69) is 10.3 Å². The lowest BCUT2D eigenvalue weighted by atomic mass is 9.86. The molecule has 8 heteroatoms. The van der Waals surface area contributed by atoms with Crippen LogP contribution >= 0.6 is 11.8 Å². The van der Waals surface area contributed by atoms with Crippen LogP contribution in [-0.2, 0) is 17.6 Å². The minimum absolute atomic E-state index is 0.0230. The Morgan fingerprint density at radius 2 is 1.97 bits per heavy atom. The van der Waals surface area contributed by atoms with Crippen LogP contribution in [0.15, 0.2) is 52.4 Å². The van der Waals surface area contributed by atoms with Crippen molar-refractivity contribution in [1.29, 1.82) is 0 Å². The SMILES string of the molecule is Cc1cccc(CSc2nc(=O)c3c(n2C)NC(=O)C[C@@H]3c2cccc(F)c2F)c1. The molecular weight excluding hydrogens is 408 g/mol. The fourth-order valence-electron chi connectivity index (χ4n) is 3.67. The third kappa shape index (κ3) is 3.75. The normalized spacial score (nSPS) is 15.6. The fraction of sp³-hybridized carbons (Fsp3) is 0.227. The molecule has 1 N–H and O–H groups in total. The quantitative estimate of drug-likeness (QED) is 0.502. The molecule has 0 aliphatic carbocycles. The van der Waals surface area contributed by atoms with Crippen LogP contribution in [0.1, 0.15) is 34.6 Å². The molecule has 1 aliphatic rings. The number of fused-ring (bicyclic) bond motifs is 1. The van der Waals surface area contributed by atoms with Crippen molar-refractivity contribution in [2.24, 2.45) is 7.05 Å². The number of nitrogens with one attached hydrogen (secondary N) is 1. The first-order chi connectivity index (χ1) is 14.3. The first-order valence-electron chi connectivity index (χ1n) is 9.38. The molecule has 0 radical (unpaired) electrons. The zero-order chi connectivity index (χ0) is 21.4. The number of hydrogen-bond acceptors (Lipinski definition) is 4. The molecule has 0 bridgehead atoms. The highest BCUT2D eigenvalue weighted by atomic mass is 32.2. The smallest absolute Gasteiger partial charge is 0.279 e. The van der Waals surface area contributed by atoms with Gasteiger partial charge in [-0.05, 0) is 24.1 Å². The largest absolute Gasteiger partial charge is 0.312 e. The van der Waals surface area contributed by atoms with Gasteiger partial charge >= 0.3 is 0 Å². The summed E-state index contributed by atoms with van der Waals surface area (Å²) in [6.45, 7) is 2.00. The summed E-state index contributed by atoms with van der Waals surface area (Å²) in [6.07, 6.45) is -0.153. The van der Waals surface area contributed by atoms with E-state index in [4.69, 9.17) is 0 Å². The number of benzene rings is 2.